The van der Waals surface area contributed by atoms with Crippen LogP contribution in [-0.4, -0.2) is 25.7 Å². The van der Waals surface area contributed by atoms with Gasteiger partial charge >= 0.3 is 0 Å². The Bertz CT molecular complexity index is 436. The largest absolute Gasteiger partial charge is 0.381 e. The number of hydrogen-bond donors (Lipinski definition) is 2. The number of benzene rings is 1. The van der Waals surface area contributed by atoms with Crippen LogP contribution in [0.2, 0.25) is 5.02 Å². The molecule has 0 spiro atoms. The minimum Gasteiger partial charge on any atom is -0.381 e. The molecule has 0 saturated carbocycles. The number of amides is 1. The molecule has 0 unspecified atom stereocenters. The number of hydrogen-bond acceptors (Lipinski definition) is 3. The van der Waals surface area contributed by atoms with Gasteiger partial charge < -0.3 is 15.8 Å². The van der Waals surface area contributed by atoms with Crippen molar-refractivity contribution in [1.82, 2.24) is 5.32 Å². The Hall–Kier alpha value is -1.10. The maximum absolute atomic E-state index is 11.0. The predicted molar refractivity (Wildman–Crippen MR) is 82.0 cm³/mol. The summed E-state index contributed by atoms with van der Waals surface area (Å²) in [6.45, 7) is 7.37. The van der Waals surface area contributed by atoms with E-state index in [9.17, 15) is 4.79 Å². The van der Waals surface area contributed by atoms with Crippen LogP contribution in [0.3, 0.4) is 0 Å². The van der Waals surface area contributed by atoms with Crippen LogP contribution >= 0.6 is 11.6 Å². The van der Waals surface area contributed by atoms with E-state index in [4.69, 9.17) is 22.1 Å². The van der Waals surface area contributed by atoms with Gasteiger partial charge in [0.25, 0.3) is 0 Å². The van der Waals surface area contributed by atoms with Gasteiger partial charge in [0.2, 0.25) is 5.91 Å². The molecule has 1 amide bonds. The summed E-state index contributed by atoms with van der Waals surface area (Å²) in [6.07, 6.45) is 0.962. The zero-order valence-electron chi connectivity index (χ0n) is 12.1. The fourth-order valence-electron chi connectivity index (χ4n) is 1.69. The number of carbonyl (C=O) groups is 1. The minimum atomic E-state index is -0.464. The molecule has 20 heavy (non-hydrogen) atoms. The molecule has 0 bridgehead atoms. The molecule has 0 aliphatic carbocycles. The summed E-state index contributed by atoms with van der Waals surface area (Å²) >= 11 is 6.10. The number of halogens is 1. The maximum atomic E-state index is 11.0. The number of nitrogens with one attached hydrogen (secondary N) is 1. The van der Waals surface area contributed by atoms with E-state index in [1.807, 2.05) is 6.07 Å². The van der Waals surface area contributed by atoms with Crippen molar-refractivity contribution in [1.29, 1.82) is 0 Å². The number of carbonyl (C=O) groups excluding carboxylic acids is 1. The average molecular weight is 299 g/mol. The molecule has 0 aliphatic rings. The van der Waals surface area contributed by atoms with Gasteiger partial charge in [0.05, 0.1) is 0 Å². The highest BCUT2D eigenvalue weighted by Gasteiger charge is 2.05. The molecule has 5 heteroatoms. The Morgan fingerprint density at radius 3 is 2.80 bits per heavy atom. The highest BCUT2D eigenvalue weighted by molar-refractivity contribution is 6.31. The molecule has 3 N–H and O–H groups in total. The van der Waals surface area contributed by atoms with Crippen molar-refractivity contribution in [2.24, 2.45) is 11.7 Å². The summed E-state index contributed by atoms with van der Waals surface area (Å²) in [6, 6.07) is 5.12. The summed E-state index contributed by atoms with van der Waals surface area (Å²) in [5, 5.41) is 3.86. The van der Waals surface area contributed by atoms with Gasteiger partial charge in [-0.05, 0) is 36.6 Å². The molecule has 0 saturated heterocycles. The molecular weight excluding hydrogens is 276 g/mol. The maximum Gasteiger partial charge on any atom is 0.248 e. The number of primary amides is 1. The first-order valence-corrected chi connectivity index (χ1v) is 7.25. The van der Waals surface area contributed by atoms with Gasteiger partial charge in [-0.1, -0.05) is 31.5 Å². The number of nitrogens with two attached hydrogens (primary N) is 1. The van der Waals surface area contributed by atoms with Crippen molar-refractivity contribution >= 4 is 17.5 Å². The van der Waals surface area contributed by atoms with Gasteiger partial charge in [-0.25, -0.2) is 0 Å². The molecule has 0 aliphatic heterocycles. The molecule has 0 radical (unpaired) electrons. The standard InChI is InChI=1S/C15H23ClN2O2/c1-11(2)10-20-7-3-6-18-9-13-5-4-12(15(17)19)8-14(13)16/h4-5,8,11,18H,3,6-7,9-10H2,1-2H3,(H2,17,19). The first kappa shape index (κ1) is 17.0. The van der Waals surface area contributed by atoms with Crippen LogP contribution in [0.15, 0.2) is 18.2 Å². The van der Waals surface area contributed by atoms with Crippen molar-refractivity contribution in [3.63, 3.8) is 0 Å². The molecule has 4 nitrogen and oxygen atoms in total. The summed E-state index contributed by atoms with van der Waals surface area (Å²) in [5.41, 5.74) is 6.58. The molecule has 0 heterocycles. The molecule has 1 aromatic carbocycles. The second kappa shape index (κ2) is 8.95. The van der Waals surface area contributed by atoms with E-state index in [2.05, 4.69) is 19.2 Å². The minimum absolute atomic E-state index is 0.431. The van der Waals surface area contributed by atoms with E-state index in [0.717, 1.165) is 31.7 Å². The lowest BCUT2D eigenvalue weighted by Gasteiger charge is -2.09. The van der Waals surface area contributed by atoms with Crippen LogP contribution in [-0.2, 0) is 11.3 Å². The molecule has 0 fully saturated rings. The van der Waals surface area contributed by atoms with E-state index in [1.165, 1.54) is 0 Å². The second-order valence-electron chi connectivity index (χ2n) is 5.17. The number of ether oxygens (including phenoxy) is 1. The van der Waals surface area contributed by atoms with Crippen LogP contribution in [0.5, 0.6) is 0 Å². The first-order valence-electron chi connectivity index (χ1n) is 6.87. The van der Waals surface area contributed by atoms with Crippen molar-refractivity contribution < 1.29 is 9.53 Å². The summed E-state index contributed by atoms with van der Waals surface area (Å²) in [4.78, 5) is 11.0. The highest BCUT2D eigenvalue weighted by Crippen LogP contribution is 2.17. The van der Waals surface area contributed by atoms with Gasteiger partial charge in [0, 0.05) is 30.3 Å². The fraction of sp³-hybridized carbons (Fsp3) is 0.533. The zero-order chi connectivity index (χ0) is 15.0. The lowest BCUT2D eigenvalue weighted by molar-refractivity contribution is 0.1000. The Morgan fingerprint density at radius 1 is 1.45 bits per heavy atom. The zero-order valence-corrected chi connectivity index (χ0v) is 12.9. The normalized spacial score (nSPS) is 11.0. The van der Waals surface area contributed by atoms with E-state index >= 15 is 0 Å². The molecule has 0 aromatic heterocycles. The van der Waals surface area contributed by atoms with Crippen molar-refractivity contribution in [2.45, 2.75) is 26.8 Å². The van der Waals surface area contributed by atoms with Gasteiger partial charge in [0.15, 0.2) is 0 Å². The Labute approximate surface area is 125 Å². The van der Waals surface area contributed by atoms with E-state index < -0.39 is 5.91 Å². The van der Waals surface area contributed by atoms with Gasteiger partial charge in [0.1, 0.15) is 0 Å². The predicted octanol–water partition coefficient (Wildman–Crippen LogP) is 2.59. The first-order chi connectivity index (χ1) is 9.50. The third kappa shape index (κ3) is 6.37. The van der Waals surface area contributed by atoms with Crippen molar-refractivity contribution in [3.8, 4) is 0 Å². The van der Waals surface area contributed by atoms with Crippen LogP contribution in [0, 0.1) is 5.92 Å². The average Bonchev–Trinajstić information content (AvgIpc) is 2.38. The monoisotopic (exact) mass is 298 g/mol. The topological polar surface area (TPSA) is 64.3 Å². The van der Waals surface area contributed by atoms with Crippen molar-refractivity contribution in [2.75, 3.05) is 19.8 Å². The van der Waals surface area contributed by atoms with Crippen LogP contribution < -0.4 is 11.1 Å². The summed E-state index contributed by atoms with van der Waals surface area (Å²) in [5.74, 6) is 0.110. The second-order valence-corrected chi connectivity index (χ2v) is 5.58. The van der Waals surface area contributed by atoms with Crippen LogP contribution in [0.25, 0.3) is 0 Å². The lowest BCUT2D eigenvalue weighted by atomic mass is 10.1. The van der Waals surface area contributed by atoms with E-state index in [0.29, 0.717) is 23.0 Å². The molecule has 1 aromatic rings. The smallest absolute Gasteiger partial charge is 0.248 e. The van der Waals surface area contributed by atoms with Gasteiger partial charge in [-0.2, -0.15) is 0 Å². The molecule has 0 atom stereocenters. The van der Waals surface area contributed by atoms with E-state index in [1.54, 1.807) is 12.1 Å². The Kier molecular flexibility index (Phi) is 7.59. The fourth-order valence-corrected chi connectivity index (χ4v) is 1.93. The molecule has 1 rings (SSSR count). The highest BCUT2D eigenvalue weighted by atomic mass is 35.5. The Balaban J connectivity index is 2.24. The molecule has 112 valence electrons. The van der Waals surface area contributed by atoms with Crippen LogP contribution in [0.1, 0.15) is 36.2 Å². The van der Waals surface area contributed by atoms with E-state index in [-0.39, 0.29) is 0 Å². The lowest BCUT2D eigenvalue weighted by Crippen LogP contribution is -2.17. The summed E-state index contributed by atoms with van der Waals surface area (Å²) in [7, 11) is 0. The Morgan fingerprint density at radius 2 is 2.20 bits per heavy atom. The number of rotatable bonds is 9. The molecular formula is C15H23ClN2O2. The quantitative estimate of drug-likeness (QED) is 0.689. The third-order valence-electron chi connectivity index (χ3n) is 2.75. The third-order valence-corrected chi connectivity index (χ3v) is 3.10. The van der Waals surface area contributed by atoms with Crippen LogP contribution in [0.4, 0.5) is 0 Å². The van der Waals surface area contributed by atoms with Gasteiger partial charge in [-0.3, -0.25) is 4.79 Å². The van der Waals surface area contributed by atoms with Crippen molar-refractivity contribution in [3.05, 3.63) is 34.3 Å². The van der Waals surface area contributed by atoms with Gasteiger partial charge in [-0.15, -0.1) is 0 Å². The SMILES string of the molecule is CC(C)COCCCNCc1ccc(C(N)=O)cc1Cl. The summed E-state index contributed by atoms with van der Waals surface area (Å²) < 4.78 is 5.50.